The first-order valence-corrected chi connectivity index (χ1v) is 12.6. The molecule has 0 bridgehead atoms. The molecule has 2 N–H and O–H groups in total. The number of aromatic nitrogens is 3. The summed E-state index contributed by atoms with van der Waals surface area (Å²) in [5.41, 5.74) is 1.83. The topological polar surface area (TPSA) is 122 Å². The molecule has 2 aromatic heterocycles. The number of hydrazine groups is 1. The lowest BCUT2D eigenvalue weighted by Gasteiger charge is -2.25. The zero-order valence-corrected chi connectivity index (χ0v) is 20.1. The fourth-order valence-corrected chi connectivity index (χ4v) is 5.41. The predicted molar refractivity (Wildman–Crippen MR) is 128 cm³/mol. The molecule has 1 aliphatic carbocycles. The Morgan fingerprint density at radius 1 is 1.14 bits per heavy atom. The normalized spacial score (nSPS) is 20.8. The smallest absolute Gasteiger partial charge is 0.344 e. The fraction of sp³-hybridized carbons (Fsp3) is 0.375. The van der Waals surface area contributed by atoms with Gasteiger partial charge in [0.25, 0.3) is 5.91 Å². The van der Waals surface area contributed by atoms with Crippen LogP contribution in [0.1, 0.15) is 50.6 Å². The average molecular weight is 495 g/mol. The Balaban J connectivity index is 1.29. The van der Waals surface area contributed by atoms with Crippen molar-refractivity contribution in [2.45, 2.75) is 55.8 Å². The Morgan fingerprint density at radius 3 is 2.63 bits per heavy atom. The van der Waals surface area contributed by atoms with E-state index in [1.165, 1.54) is 18.2 Å². The van der Waals surface area contributed by atoms with E-state index in [0.717, 1.165) is 30.7 Å². The van der Waals surface area contributed by atoms with E-state index >= 15 is 0 Å². The van der Waals surface area contributed by atoms with Crippen molar-refractivity contribution >= 4 is 29.6 Å². The summed E-state index contributed by atoms with van der Waals surface area (Å²) in [4.78, 5) is 38.3. The molecule has 1 aromatic carbocycles. The molecule has 11 heteroatoms. The number of furan rings is 1. The van der Waals surface area contributed by atoms with Crippen molar-refractivity contribution in [1.29, 1.82) is 0 Å². The number of benzene rings is 1. The number of carbonyl (C=O) groups excluding carboxylic acids is 3. The molecule has 182 valence electrons. The van der Waals surface area contributed by atoms with Crippen LogP contribution >= 0.6 is 11.8 Å². The highest BCUT2D eigenvalue weighted by atomic mass is 32.2. The van der Waals surface area contributed by atoms with Gasteiger partial charge in [0, 0.05) is 6.04 Å². The standard InChI is InChI=1S/C24H26N6O4S/c1-24(16-9-4-2-5-10-16)21(32)30(22(33)25-24)28-19(31)15-35-23-27-26-20(18-13-8-14-34-18)29(23)17-11-6-3-7-12-17/h2,4-5,8-10,13-14,17H,3,6-7,11-12,15H2,1H3,(H,25,33)(H,28,31)/t24-/m1/s1. The number of imide groups is 1. The fourth-order valence-electron chi connectivity index (χ4n) is 4.61. The number of thioether (sulfide) groups is 1. The van der Waals surface area contributed by atoms with Gasteiger partial charge >= 0.3 is 6.03 Å². The van der Waals surface area contributed by atoms with Crippen LogP contribution in [0.4, 0.5) is 4.79 Å². The number of carbonyl (C=O) groups is 3. The highest BCUT2D eigenvalue weighted by molar-refractivity contribution is 7.99. The van der Waals surface area contributed by atoms with Gasteiger partial charge in [-0.05, 0) is 37.5 Å². The van der Waals surface area contributed by atoms with Crippen molar-refractivity contribution in [1.82, 2.24) is 30.5 Å². The second kappa shape index (κ2) is 9.57. The van der Waals surface area contributed by atoms with E-state index in [0.29, 0.717) is 22.3 Å². The minimum Gasteiger partial charge on any atom is -0.461 e. The van der Waals surface area contributed by atoms with Crippen molar-refractivity contribution in [3.63, 3.8) is 0 Å². The first kappa shape index (κ1) is 23.2. The van der Waals surface area contributed by atoms with Gasteiger partial charge in [-0.1, -0.05) is 61.4 Å². The molecule has 1 aliphatic heterocycles. The monoisotopic (exact) mass is 494 g/mol. The van der Waals surface area contributed by atoms with Crippen LogP contribution in [-0.4, -0.2) is 43.4 Å². The maximum atomic E-state index is 13.0. The highest BCUT2D eigenvalue weighted by Gasteiger charge is 2.50. The van der Waals surface area contributed by atoms with E-state index in [-0.39, 0.29) is 11.8 Å². The second-order valence-electron chi connectivity index (χ2n) is 8.83. The molecule has 10 nitrogen and oxygen atoms in total. The number of nitrogens with zero attached hydrogens (tertiary/aromatic N) is 4. The first-order chi connectivity index (χ1) is 17.0. The minimum absolute atomic E-state index is 0.0396. The van der Waals surface area contributed by atoms with Crippen molar-refractivity contribution in [3.05, 3.63) is 54.3 Å². The van der Waals surface area contributed by atoms with Crippen LogP contribution in [0.2, 0.25) is 0 Å². The van der Waals surface area contributed by atoms with Gasteiger partial charge in [0.2, 0.25) is 11.7 Å². The number of nitrogens with one attached hydrogen (secondary N) is 2. The quantitative estimate of drug-likeness (QED) is 0.380. The maximum absolute atomic E-state index is 13.0. The van der Waals surface area contributed by atoms with Crippen molar-refractivity contribution in [3.8, 4) is 11.6 Å². The van der Waals surface area contributed by atoms with E-state index in [1.807, 2.05) is 12.1 Å². The lowest BCUT2D eigenvalue weighted by molar-refractivity contribution is -0.138. The van der Waals surface area contributed by atoms with Crippen molar-refractivity contribution in [2.24, 2.45) is 0 Å². The Morgan fingerprint density at radius 2 is 1.91 bits per heavy atom. The van der Waals surface area contributed by atoms with Gasteiger partial charge in [-0.25, -0.2) is 4.79 Å². The zero-order valence-electron chi connectivity index (χ0n) is 19.3. The summed E-state index contributed by atoms with van der Waals surface area (Å²) >= 11 is 1.21. The predicted octanol–water partition coefficient (Wildman–Crippen LogP) is 3.63. The molecule has 3 heterocycles. The van der Waals surface area contributed by atoms with Gasteiger partial charge in [0.1, 0.15) is 5.54 Å². The van der Waals surface area contributed by atoms with Gasteiger partial charge in [0.05, 0.1) is 12.0 Å². The van der Waals surface area contributed by atoms with E-state index in [4.69, 9.17) is 4.42 Å². The third-order valence-electron chi connectivity index (χ3n) is 6.46. The summed E-state index contributed by atoms with van der Waals surface area (Å²) < 4.78 is 7.61. The lowest BCUT2D eigenvalue weighted by Crippen LogP contribution is -2.48. The van der Waals surface area contributed by atoms with Crippen LogP contribution < -0.4 is 10.7 Å². The van der Waals surface area contributed by atoms with Crippen LogP contribution in [0, 0.1) is 0 Å². The average Bonchev–Trinajstić information content (AvgIpc) is 3.60. The van der Waals surface area contributed by atoms with Gasteiger partial charge in [-0.3, -0.25) is 19.6 Å². The number of urea groups is 1. The molecule has 0 spiro atoms. The summed E-state index contributed by atoms with van der Waals surface area (Å²) in [6.07, 6.45) is 7.05. The Kier molecular flexibility index (Phi) is 6.33. The molecular formula is C24H26N6O4S. The molecular weight excluding hydrogens is 468 g/mol. The number of hydrogen-bond acceptors (Lipinski definition) is 7. The molecule has 1 saturated carbocycles. The SMILES string of the molecule is C[C@]1(c2ccccc2)NC(=O)N(NC(=O)CSc2nnc(-c3ccco3)n2C2CCCCC2)C1=O. The van der Waals surface area contributed by atoms with Gasteiger partial charge < -0.3 is 9.73 Å². The van der Waals surface area contributed by atoms with Crippen LogP contribution in [0.25, 0.3) is 11.6 Å². The highest BCUT2D eigenvalue weighted by Crippen LogP contribution is 2.35. The minimum atomic E-state index is -1.25. The summed E-state index contributed by atoms with van der Waals surface area (Å²) in [5, 5.41) is 12.7. The van der Waals surface area contributed by atoms with Crippen LogP contribution in [0.15, 0.2) is 58.3 Å². The van der Waals surface area contributed by atoms with E-state index in [1.54, 1.807) is 43.5 Å². The number of rotatable bonds is 7. The maximum Gasteiger partial charge on any atom is 0.344 e. The molecule has 1 atom stereocenters. The van der Waals surface area contributed by atoms with Gasteiger partial charge in [-0.2, -0.15) is 5.01 Å². The molecule has 2 fully saturated rings. The third-order valence-corrected chi connectivity index (χ3v) is 7.40. The Hall–Kier alpha value is -3.60. The van der Waals surface area contributed by atoms with Crippen molar-refractivity contribution in [2.75, 3.05) is 5.75 Å². The zero-order chi connectivity index (χ0) is 24.4. The second-order valence-corrected chi connectivity index (χ2v) is 9.77. The number of hydrogen-bond donors (Lipinski definition) is 2. The van der Waals surface area contributed by atoms with Crippen molar-refractivity contribution < 1.29 is 18.8 Å². The van der Waals surface area contributed by atoms with E-state index < -0.39 is 23.4 Å². The number of amides is 4. The van der Waals surface area contributed by atoms with Gasteiger partial charge in [0.15, 0.2) is 10.9 Å². The van der Waals surface area contributed by atoms with E-state index in [9.17, 15) is 14.4 Å². The van der Waals surface area contributed by atoms with Gasteiger partial charge in [-0.15, -0.1) is 10.2 Å². The molecule has 1 saturated heterocycles. The summed E-state index contributed by atoms with van der Waals surface area (Å²) in [6.45, 7) is 1.62. The summed E-state index contributed by atoms with van der Waals surface area (Å²) in [5.74, 6) is 0.185. The molecule has 0 radical (unpaired) electrons. The Bertz CT molecular complexity index is 1220. The van der Waals surface area contributed by atoms with Crippen LogP contribution in [0.3, 0.4) is 0 Å². The molecule has 2 aliphatic rings. The molecule has 3 aromatic rings. The molecule has 5 rings (SSSR count). The van der Waals surface area contributed by atoms with Crippen LogP contribution in [-0.2, 0) is 15.1 Å². The lowest BCUT2D eigenvalue weighted by atomic mass is 9.92. The van der Waals surface area contributed by atoms with Crippen LogP contribution in [0.5, 0.6) is 0 Å². The third kappa shape index (κ3) is 4.43. The molecule has 35 heavy (non-hydrogen) atoms. The first-order valence-electron chi connectivity index (χ1n) is 11.6. The Labute approximate surface area is 206 Å². The molecule has 0 unspecified atom stereocenters. The van der Waals surface area contributed by atoms with E-state index in [2.05, 4.69) is 25.5 Å². The summed E-state index contributed by atoms with van der Waals surface area (Å²) in [7, 11) is 0. The molecule has 4 amide bonds. The largest absolute Gasteiger partial charge is 0.461 e. The summed E-state index contributed by atoms with van der Waals surface area (Å²) in [6, 6.07) is 12.1.